The van der Waals surface area contributed by atoms with Crippen molar-refractivity contribution in [3.05, 3.63) is 17.5 Å². The van der Waals surface area contributed by atoms with Gasteiger partial charge in [0, 0.05) is 25.6 Å². The molecule has 0 radical (unpaired) electrons. The average Bonchev–Trinajstić information content (AvgIpc) is 2.75. The lowest BCUT2D eigenvalue weighted by atomic mass is 9.96. The second-order valence-electron chi connectivity index (χ2n) is 4.86. The van der Waals surface area contributed by atoms with Gasteiger partial charge in [0.05, 0.1) is 12.1 Å². The van der Waals surface area contributed by atoms with E-state index in [9.17, 15) is 9.59 Å². The molecule has 1 aliphatic rings. The number of amides is 1. The number of hydrogen-bond acceptors (Lipinski definition) is 3. The van der Waals surface area contributed by atoms with Gasteiger partial charge in [0.15, 0.2) is 0 Å². The Morgan fingerprint density at radius 2 is 2.11 bits per heavy atom. The minimum Gasteiger partial charge on any atom is -0.481 e. The molecule has 6 nitrogen and oxygen atoms in total. The van der Waals surface area contributed by atoms with Crippen LogP contribution in [0.4, 0.5) is 0 Å². The minimum absolute atomic E-state index is 0.0457. The third-order valence-electron chi connectivity index (χ3n) is 3.42. The molecule has 1 aromatic rings. The van der Waals surface area contributed by atoms with Crippen LogP contribution in [0.5, 0.6) is 0 Å². The summed E-state index contributed by atoms with van der Waals surface area (Å²) in [4.78, 5) is 24.5. The Bertz CT molecular complexity index is 489. The standard InChI is InChI=1S/C13H19N3O3/c1-3-10-6-11(16(4-2)14-10)13(19)15-7-9(8-15)5-12(17)18/h6,9H,3-5,7-8H2,1-2H3,(H,17,18). The van der Waals surface area contributed by atoms with Crippen LogP contribution in [-0.2, 0) is 17.8 Å². The maximum Gasteiger partial charge on any atom is 0.303 e. The molecule has 0 unspecified atom stereocenters. The summed E-state index contributed by atoms with van der Waals surface area (Å²) >= 11 is 0. The van der Waals surface area contributed by atoms with Gasteiger partial charge in [0.1, 0.15) is 5.69 Å². The van der Waals surface area contributed by atoms with Crippen LogP contribution in [0.25, 0.3) is 0 Å². The van der Waals surface area contributed by atoms with E-state index < -0.39 is 5.97 Å². The van der Waals surface area contributed by atoms with E-state index in [4.69, 9.17) is 5.11 Å². The van der Waals surface area contributed by atoms with Gasteiger partial charge in [-0.25, -0.2) is 0 Å². The van der Waals surface area contributed by atoms with Crippen LogP contribution in [0, 0.1) is 5.92 Å². The summed E-state index contributed by atoms with van der Waals surface area (Å²) in [5.41, 5.74) is 1.51. The van der Waals surface area contributed by atoms with Gasteiger partial charge in [-0.3, -0.25) is 14.3 Å². The number of aromatic nitrogens is 2. The summed E-state index contributed by atoms with van der Waals surface area (Å²) in [5, 5.41) is 13.0. The van der Waals surface area contributed by atoms with Gasteiger partial charge in [-0.15, -0.1) is 0 Å². The van der Waals surface area contributed by atoms with Crippen molar-refractivity contribution in [1.82, 2.24) is 14.7 Å². The number of aryl methyl sites for hydroxylation is 2. The number of carbonyl (C=O) groups is 2. The van der Waals surface area contributed by atoms with Gasteiger partial charge in [0.25, 0.3) is 5.91 Å². The Morgan fingerprint density at radius 1 is 1.42 bits per heavy atom. The van der Waals surface area contributed by atoms with Crippen molar-refractivity contribution in [1.29, 1.82) is 0 Å². The van der Waals surface area contributed by atoms with Crippen LogP contribution in [0.15, 0.2) is 6.07 Å². The summed E-state index contributed by atoms with van der Waals surface area (Å²) in [6.45, 7) is 5.67. The van der Waals surface area contributed by atoms with Crippen LogP contribution in [-0.4, -0.2) is 44.8 Å². The first kappa shape index (κ1) is 13.6. The van der Waals surface area contributed by atoms with E-state index in [0.29, 0.717) is 25.3 Å². The van der Waals surface area contributed by atoms with Gasteiger partial charge in [-0.05, 0) is 19.4 Å². The van der Waals surface area contributed by atoms with E-state index >= 15 is 0 Å². The topological polar surface area (TPSA) is 75.4 Å². The smallest absolute Gasteiger partial charge is 0.303 e. The van der Waals surface area contributed by atoms with Gasteiger partial charge in [-0.1, -0.05) is 6.92 Å². The fraction of sp³-hybridized carbons (Fsp3) is 0.615. The summed E-state index contributed by atoms with van der Waals surface area (Å²) in [7, 11) is 0. The molecule has 0 aromatic carbocycles. The highest BCUT2D eigenvalue weighted by Crippen LogP contribution is 2.22. The highest BCUT2D eigenvalue weighted by molar-refractivity contribution is 5.93. The molecule has 1 N–H and O–H groups in total. The number of hydrogen-bond donors (Lipinski definition) is 1. The first-order valence-corrected chi connectivity index (χ1v) is 6.62. The fourth-order valence-electron chi connectivity index (χ4n) is 2.33. The first-order valence-electron chi connectivity index (χ1n) is 6.62. The number of aliphatic carboxylic acids is 1. The van der Waals surface area contributed by atoms with Crippen molar-refractivity contribution < 1.29 is 14.7 Å². The number of carboxylic acid groups (broad SMARTS) is 1. The zero-order valence-electron chi connectivity index (χ0n) is 11.3. The zero-order chi connectivity index (χ0) is 14.0. The fourth-order valence-corrected chi connectivity index (χ4v) is 2.33. The maximum atomic E-state index is 12.3. The van der Waals surface area contributed by atoms with E-state index in [-0.39, 0.29) is 18.2 Å². The Hall–Kier alpha value is -1.85. The number of likely N-dealkylation sites (tertiary alicyclic amines) is 1. The summed E-state index contributed by atoms with van der Waals surface area (Å²) in [6, 6.07) is 1.83. The maximum absolute atomic E-state index is 12.3. The number of rotatable bonds is 5. The second kappa shape index (κ2) is 5.42. The van der Waals surface area contributed by atoms with Crippen LogP contribution in [0.3, 0.4) is 0 Å². The van der Waals surface area contributed by atoms with Crippen molar-refractivity contribution in [3.63, 3.8) is 0 Å². The first-order chi connectivity index (χ1) is 9.05. The molecule has 6 heteroatoms. The van der Waals surface area contributed by atoms with Crippen LogP contribution >= 0.6 is 0 Å². The molecule has 0 spiro atoms. The Balaban J connectivity index is 2.01. The van der Waals surface area contributed by atoms with Crippen molar-refractivity contribution >= 4 is 11.9 Å². The molecule has 0 saturated carbocycles. The Labute approximate surface area is 112 Å². The van der Waals surface area contributed by atoms with Gasteiger partial charge in [-0.2, -0.15) is 5.10 Å². The normalized spacial score (nSPS) is 15.4. The Morgan fingerprint density at radius 3 is 2.63 bits per heavy atom. The highest BCUT2D eigenvalue weighted by atomic mass is 16.4. The highest BCUT2D eigenvalue weighted by Gasteiger charge is 2.33. The van der Waals surface area contributed by atoms with Crippen molar-refractivity contribution in [3.8, 4) is 0 Å². The summed E-state index contributed by atoms with van der Waals surface area (Å²) < 4.78 is 1.71. The van der Waals surface area contributed by atoms with E-state index in [1.807, 2.05) is 19.9 Å². The molecule has 0 bridgehead atoms. The molecule has 19 heavy (non-hydrogen) atoms. The molecule has 1 amide bonds. The van der Waals surface area contributed by atoms with Crippen molar-refractivity contribution in [2.24, 2.45) is 5.92 Å². The zero-order valence-corrected chi connectivity index (χ0v) is 11.3. The van der Waals surface area contributed by atoms with Gasteiger partial charge >= 0.3 is 5.97 Å². The molecular weight excluding hydrogens is 246 g/mol. The lowest BCUT2D eigenvalue weighted by Crippen LogP contribution is -2.51. The number of nitrogens with zero attached hydrogens (tertiary/aromatic N) is 3. The predicted molar refractivity (Wildman–Crippen MR) is 68.9 cm³/mol. The third-order valence-corrected chi connectivity index (χ3v) is 3.42. The molecule has 104 valence electrons. The second-order valence-corrected chi connectivity index (χ2v) is 4.86. The lowest BCUT2D eigenvalue weighted by molar-refractivity contribution is -0.139. The van der Waals surface area contributed by atoms with Crippen LogP contribution in [0.2, 0.25) is 0 Å². The molecule has 1 aromatic heterocycles. The van der Waals surface area contributed by atoms with E-state index in [1.165, 1.54) is 0 Å². The molecule has 0 aliphatic carbocycles. The van der Waals surface area contributed by atoms with Crippen molar-refractivity contribution in [2.45, 2.75) is 33.2 Å². The molecule has 2 heterocycles. The molecular formula is C13H19N3O3. The SMILES string of the molecule is CCc1cc(C(=O)N2CC(CC(=O)O)C2)n(CC)n1. The van der Waals surface area contributed by atoms with Crippen LogP contribution < -0.4 is 0 Å². The third kappa shape index (κ3) is 2.77. The summed E-state index contributed by atoms with van der Waals surface area (Å²) in [6.07, 6.45) is 0.936. The molecule has 0 atom stereocenters. The molecule has 1 aliphatic heterocycles. The predicted octanol–water partition coefficient (Wildman–Crippen LogP) is 1.01. The van der Waals surface area contributed by atoms with E-state index in [0.717, 1.165) is 12.1 Å². The monoisotopic (exact) mass is 265 g/mol. The van der Waals surface area contributed by atoms with E-state index in [1.54, 1.807) is 9.58 Å². The minimum atomic E-state index is -0.802. The molecule has 1 saturated heterocycles. The van der Waals surface area contributed by atoms with Gasteiger partial charge < -0.3 is 10.0 Å². The van der Waals surface area contributed by atoms with Crippen molar-refractivity contribution in [2.75, 3.05) is 13.1 Å². The average molecular weight is 265 g/mol. The molecule has 1 fully saturated rings. The largest absolute Gasteiger partial charge is 0.481 e. The lowest BCUT2D eigenvalue weighted by Gasteiger charge is -2.38. The van der Waals surface area contributed by atoms with Crippen LogP contribution in [0.1, 0.15) is 36.5 Å². The molecule has 2 rings (SSSR count). The van der Waals surface area contributed by atoms with Gasteiger partial charge in [0.2, 0.25) is 0 Å². The Kier molecular flexibility index (Phi) is 3.87. The van der Waals surface area contributed by atoms with E-state index in [2.05, 4.69) is 5.10 Å². The number of carbonyl (C=O) groups excluding carboxylic acids is 1. The quantitative estimate of drug-likeness (QED) is 0.862. The number of carboxylic acids is 1. The summed E-state index contributed by atoms with van der Waals surface area (Å²) in [5.74, 6) is -0.759.